The topological polar surface area (TPSA) is 59.0 Å². The van der Waals surface area contributed by atoms with Gasteiger partial charge in [-0.3, -0.25) is 9.48 Å². The van der Waals surface area contributed by atoms with Gasteiger partial charge in [0.2, 0.25) is 5.91 Å². The second-order valence-electron chi connectivity index (χ2n) is 4.33. The predicted octanol–water partition coefficient (Wildman–Crippen LogP) is 0.0359. The van der Waals surface area contributed by atoms with E-state index in [1.807, 2.05) is 19.3 Å². The fourth-order valence-electron chi connectivity index (χ4n) is 1.52. The molecule has 0 spiro atoms. The van der Waals surface area contributed by atoms with Crippen LogP contribution < -0.4 is 10.6 Å². The number of aryl methyl sites for hydroxylation is 1. The molecule has 16 heavy (non-hydrogen) atoms. The Labute approximate surface area is 95.2 Å². The molecular weight excluding hydrogens is 204 g/mol. The maximum Gasteiger partial charge on any atom is 0.234 e. The third-order valence-corrected chi connectivity index (χ3v) is 2.65. The fourth-order valence-corrected chi connectivity index (χ4v) is 1.52. The van der Waals surface area contributed by atoms with Crippen LogP contribution in [-0.2, 0) is 18.4 Å². The van der Waals surface area contributed by atoms with Gasteiger partial charge >= 0.3 is 0 Å². The van der Waals surface area contributed by atoms with Gasteiger partial charge in [-0.25, -0.2) is 0 Å². The molecule has 5 nitrogen and oxygen atoms in total. The van der Waals surface area contributed by atoms with Crippen LogP contribution in [0.5, 0.6) is 0 Å². The Kier molecular flexibility index (Phi) is 3.56. The van der Waals surface area contributed by atoms with Crippen LogP contribution in [0.4, 0.5) is 0 Å². The van der Waals surface area contributed by atoms with Gasteiger partial charge in [0, 0.05) is 13.2 Å². The largest absolute Gasteiger partial charge is 0.349 e. The van der Waals surface area contributed by atoms with Crippen LogP contribution in [-0.4, -0.2) is 28.8 Å². The molecule has 2 rings (SSSR count). The summed E-state index contributed by atoms with van der Waals surface area (Å²) in [6.07, 6.45) is 4.48. The Morgan fingerprint density at radius 2 is 2.44 bits per heavy atom. The van der Waals surface area contributed by atoms with Gasteiger partial charge in [0.1, 0.15) is 0 Å². The van der Waals surface area contributed by atoms with E-state index in [9.17, 15) is 4.79 Å². The number of rotatable bonds is 6. The first-order valence-corrected chi connectivity index (χ1v) is 5.70. The maximum absolute atomic E-state index is 11.4. The first-order valence-electron chi connectivity index (χ1n) is 5.70. The van der Waals surface area contributed by atoms with Crippen LogP contribution in [0.1, 0.15) is 18.5 Å². The number of nitrogens with zero attached hydrogens (tertiary/aromatic N) is 2. The number of aromatic nitrogens is 2. The molecule has 0 saturated heterocycles. The summed E-state index contributed by atoms with van der Waals surface area (Å²) in [5, 5.41) is 10.2. The number of hydrogen-bond donors (Lipinski definition) is 2. The van der Waals surface area contributed by atoms with E-state index in [-0.39, 0.29) is 5.91 Å². The summed E-state index contributed by atoms with van der Waals surface area (Å²) >= 11 is 0. The maximum atomic E-state index is 11.4. The average molecular weight is 222 g/mol. The predicted molar refractivity (Wildman–Crippen MR) is 60.6 cm³/mol. The molecule has 0 atom stereocenters. The summed E-state index contributed by atoms with van der Waals surface area (Å²) in [6.45, 7) is 1.88. The first-order chi connectivity index (χ1) is 7.74. The average Bonchev–Trinajstić information content (AvgIpc) is 2.98. The highest BCUT2D eigenvalue weighted by molar-refractivity contribution is 5.77. The van der Waals surface area contributed by atoms with Crippen molar-refractivity contribution < 1.29 is 4.79 Å². The molecule has 0 aromatic carbocycles. The van der Waals surface area contributed by atoms with Gasteiger partial charge in [-0.05, 0) is 31.4 Å². The van der Waals surface area contributed by atoms with Gasteiger partial charge in [-0.15, -0.1) is 0 Å². The lowest BCUT2D eigenvalue weighted by Gasteiger charge is -2.04. The van der Waals surface area contributed by atoms with Crippen molar-refractivity contribution >= 4 is 5.91 Å². The normalized spacial score (nSPS) is 15.1. The third kappa shape index (κ3) is 3.66. The molecule has 0 bridgehead atoms. The zero-order valence-electron chi connectivity index (χ0n) is 9.57. The Morgan fingerprint density at radius 1 is 1.62 bits per heavy atom. The molecule has 1 aromatic heterocycles. The highest BCUT2D eigenvalue weighted by Crippen LogP contribution is 2.27. The van der Waals surface area contributed by atoms with Crippen molar-refractivity contribution in [3.63, 3.8) is 0 Å². The van der Waals surface area contributed by atoms with E-state index in [0.717, 1.165) is 18.2 Å². The smallest absolute Gasteiger partial charge is 0.234 e. The van der Waals surface area contributed by atoms with Crippen LogP contribution in [0, 0.1) is 5.92 Å². The van der Waals surface area contributed by atoms with Gasteiger partial charge in [0.25, 0.3) is 0 Å². The Hall–Kier alpha value is -1.36. The second kappa shape index (κ2) is 5.12. The number of hydrogen-bond acceptors (Lipinski definition) is 3. The van der Waals surface area contributed by atoms with Crippen molar-refractivity contribution in [1.82, 2.24) is 20.4 Å². The summed E-state index contributed by atoms with van der Waals surface area (Å²) in [4.78, 5) is 11.4. The highest BCUT2D eigenvalue weighted by atomic mass is 16.1. The lowest BCUT2D eigenvalue weighted by molar-refractivity contribution is -0.120. The SMILES string of the molecule is Cn1ccc(CNC(=O)CNCC2CC2)n1. The van der Waals surface area contributed by atoms with Gasteiger partial charge in [0.15, 0.2) is 0 Å². The molecular formula is C11H18N4O. The van der Waals surface area contributed by atoms with Gasteiger partial charge < -0.3 is 10.6 Å². The van der Waals surface area contributed by atoms with E-state index in [1.165, 1.54) is 12.8 Å². The Balaban J connectivity index is 1.59. The van der Waals surface area contributed by atoms with Crippen molar-refractivity contribution in [2.75, 3.05) is 13.1 Å². The summed E-state index contributed by atoms with van der Waals surface area (Å²) in [7, 11) is 1.86. The van der Waals surface area contributed by atoms with Crippen LogP contribution in [0.3, 0.4) is 0 Å². The van der Waals surface area contributed by atoms with Gasteiger partial charge in [-0.2, -0.15) is 5.10 Å². The molecule has 5 heteroatoms. The van der Waals surface area contributed by atoms with E-state index < -0.39 is 0 Å². The zero-order chi connectivity index (χ0) is 11.4. The Morgan fingerprint density at radius 3 is 3.06 bits per heavy atom. The first kappa shape index (κ1) is 11.1. The number of nitrogens with one attached hydrogen (secondary N) is 2. The van der Waals surface area contributed by atoms with E-state index in [4.69, 9.17) is 0 Å². The molecule has 88 valence electrons. The lowest BCUT2D eigenvalue weighted by atomic mass is 10.4. The molecule has 0 radical (unpaired) electrons. The molecule has 1 heterocycles. The van der Waals surface area contributed by atoms with Crippen LogP contribution in [0.25, 0.3) is 0 Å². The molecule has 1 aliphatic carbocycles. The van der Waals surface area contributed by atoms with Crippen LogP contribution in [0.15, 0.2) is 12.3 Å². The number of amides is 1. The third-order valence-electron chi connectivity index (χ3n) is 2.65. The Bertz CT molecular complexity index is 357. The highest BCUT2D eigenvalue weighted by Gasteiger charge is 2.20. The molecule has 1 saturated carbocycles. The van der Waals surface area contributed by atoms with E-state index in [0.29, 0.717) is 13.1 Å². The molecule has 1 aliphatic rings. The molecule has 1 aromatic rings. The number of carbonyl (C=O) groups is 1. The van der Waals surface area contributed by atoms with Gasteiger partial charge in [-0.1, -0.05) is 0 Å². The van der Waals surface area contributed by atoms with Crippen LogP contribution >= 0.6 is 0 Å². The standard InChI is InChI=1S/C11H18N4O/c1-15-5-4-10(14-15)7-13-11(16)8-12-6-9-2-3-9/h4-5,9,12H,2-3,6-8H2,1H3,(H,13,16). The number of carbonyl (C=O) groups excluding carboxylic acids is 1. The monoisotopic (exact) mass is 222 g/mol. The lowest BCUT2D eigenvalue weighted by Crippen LogP contribution is -2.34. The van der Waals surface area contributed by atoms with Crippen molar-refractivity contribution in [3.8, 4) is 0 Å². The fraction of sp³-hybridized carbons (Fsp3) is 0.636. The van der Waals surface area contributed by atoms with E-state index in [1.54, 1.807) is 4.68 Å². The quantitative estimate of drug-likeness (QED) is 0.714. The minimum Gasteiger partial charge on any atom is -0.349 e. The zero-order valence-corrected chi connectivity index (χ0v) is 9.57. The van der Waals surface area contributed by atoms with Crippen LogP contribution in [0.2, 0.25) is 0 Å². The van der Waals surface area contributed by atoms with Crippen molar-refractivity contribution in [3.05, 3.63) is 18.0 Å². The van der Waals surface area contributed by atoms with E-state index in [2.05, 4.69) is 15.7 Å². The molecule has 1 amide bonds. The molecule has 2 N–H and O–H groups in total. The summed E-state index contributed by atoms with van der Waals surface area (Å²) in [5.74, 6) is 0.842. The second-order valence-corrected chi connectivity index (χ2v) is 4.33. The minimum absolute atomic E-state index is 0.0336. The summed E-state index contributed by atoms with van der Waals surface area (Å²) in [5.41, 5.74) is 0.887. The van der Waals surface area contributed by atoms with Crippen molar-refractivity contribution in [2.45, 2.75) is 19.4 Å². The minimum atomic E-state index is 0.0336. The molecule has 0 unspecified atom stereocenters. The molecule has 0 aliphatic heterocycles. The van der Waals surface area contributed by atoms with Crippen molar-refractivity contribution in [2.24, 2.45) is 13.0 Å². The summed E-state index contributed by atoms with van der Waals surface area (Å²) in [6, 6.07) is 1.90. The van der Waals surface area contributed by atoms with Gasteiger partial charge in [0.05, 0.1) is 18.8 Å². The molecule has 1 fully saturated rings. The van der Waals surface area contributed by atoms with E-state index >= 15 is 0 Å². The van der Waals surface area contributed by atoms with Crippen molar-refractivity contribution in [1.29, 1.82) is 0 Å². The summed E-state index contributed by atoms with van der Waals surface area (Å²) < 4.78 is 1.73.